The summed E-state index contributed by atoms with van der Waals surface area (Å²) >= 11 is 1.26. The summed E-state index contributed by atoms with van der Waals surface area (Å²) in [7, 11) is 0. The molecule has 1 saturated carbocycles. The van der Waals surface area contributed by atoms with Gasteiger partial charge in [0.25, 0.3) is 0 Å². The normalized spacial score (nSPS) is 21.1. The number of ether oxygens (including phenoxy) is 1. The van der Waals surface area contributed by atoms with Gasteiger partial charge in [-0.3, -0.25) is 58.1 Å². The van der Waals surface area contributed by atoms with Crippen molar-refractivity contribution < 1.29 is 72.8 Å². The van der Waals surface area contributed by atoms with E-state index in [1.54, 1.807) is 35.7 Å². The number of carbonyl (C=O) groups is 11. The molecule has 0 spiro atoms. The fraction of sp³-hybridized carbons (Fsp3) is 0.514. The number of nitrogens with zero attached hydrogens (tertiary/aromatic N) is 7. The maximum absolute atomic E-state index is 15.4. The summed E-state index contributed by atoms with van der Waals surface area (Å²) in [5.74, 6) is -9.13. The number of carbonyl (C=O) groups excluding carboxylic acids is 10. The molecule has 21 N–H and O–H groups in total. The zero-order chi connectivity index (χ0) is 78.0. The molecule has 4 aromatic rings. The van der Waals surface area contributed by atoms with Gasteiger partial charge in [-0.15, -0.1) is 11.3 Å². The lowest BCUT2D eigenvalue weighted by atomic mass is 9.84. The molecule has 1 aromatic heterocycles. The monoisotopic (exact) mass is 1530 g/mol. The summed E-state index contributed by atoms with van der Waals surface area (Å²) in [5.41, 5.74) is 38.7. The predicted octanol–water partition coefficient (Wildman–Crippen LogP) is -1.44. The Kier molecular flexibility index (Phi) is 27.9. The standard InChI is InChI=1S/C74H99N19O15S/c75-71(76)81-27-9-22-51(89-74(107)108-40-50-48-20-6-4-18-46(48)47-19-5-7-21-49(47)50)62(97)86-52(23-10-28-82-72(77)78)66(101)90-30-12-26-57(90)68(103)92-38-44(95)34-58(92)64(99)84-36-61(96)85-54(35-45-17-13-31-109-45)63(98)88-55(39-94)67(102)91-37-43-16-2-1-14-41(43)32-60(91)69(104)93-56-25-8-3-15-42(56)33-59(93)65(100)87-53(70(105)106)24-11-29-83-73(79)80/h1-2,4-7,13-14,16-21,31,42,44,50-60,94-95H,3,8-12,15,22-30,32-40H2,(H,84,99)(H,85,96)(H,86,97)(H,87,100)(H,88,98)(H,89,107)(H,105,106)(H4,75,76,81)(H4,77,78,82)(H4,79,80,83)/t42-,44+,51+,52-,53-,54-,55-,56-,57-,58-,59-,60+/m0/s1. The van der Waals surface area contributed by atoms with Crippen molar-refractivity contribution in [3.63, 3.8) is 0 Å². The number of amides is 10. The van der Waals surface area contributed by atoms with Crippen molar-refractivity contribution in [3.8, 4) is 11.1 Å². The second-order valence-corrected chi connectivity index (χ2v) is 29.4. The number of benzene rings is 3. The van der Waals surface area contributed by atoms with Gasteiger partial charge in [0.2, 0.25) is 53.2 Å². The third-order valence-corrected chi connectivity index (χ3v) is 21.9. The molecule has 6 aliphatic rings. The number of nitrogens with two attached hydrogens (primary N) is 6. The minimum atomic E-state index is -1.69. The van der Waals surface area contributed by atoms with Gasteiger partial charge in [-0.05, 0) is 121 Å². The van der Waals surface area contributed by atoms with Gasteiger partial charge in [-0.2, -0.15) is 0 Å². The Morgan fingerprint density at radius 2 is 1.17 bits per heavy atom. The molecule has 0 bridgehead atoms. The van der Waals surface area contributed by atoms with E-state index in [1.165, 1.54) is 26.0 Å². The highest BCUT2D eigenvalue weighted by molar-refractivity contribution is 7.09. The minimum absolute atomic E-state index is 0.00212. The topological polar surface area (TPSA) is 536 Å². The molecule has 10 rings (SSSR count). The van der Waals surface area contributed by atoms with E-state index in [0.29, 0.717) is 29.7 Å². The molecule has 4 aliphatic heterocycles. The molecular formula is C74H99N19O15S. The molecule has 0 unspecified atom stereocenters. The highest BCUT2D eigenvalue weighted by Crippen LogP contribution is 2.45. The molecule has 586 valence electrons. The van der Waals surface area contributed by atoms with E-state index in [2.05, 4.69) is 46.9 Å². The first-order valence-corrected chi connectivity index (χ1v) is 37.9. The number of hydrogen-bond acceptors (Lipinski definition) is 18. The lowest BCUT2D eigenvalue weighted by Gasteiger charge is -2.42. The smallest absolute Gasteiger partial charge is 0.407 e. The fourth-order valence-corrected chi connectivity index (χ4v) is 16.5. The van der Waals surface area contributed by atoms with Crippen LogP contribution in [0.2, 0.25) is 0 Å². The van der Waals surface area contributed by atoms with Crippen LogP contribution >= 0.6 is 11.3 Å². The first-order chi connectivity index (χ1) is 52.4. The number of hydrogen-bond donors (Lipinski definition) is 15. The van der Waals surface area contributed by atoms with Crippen molar-refractivity contribution in [2.45, 2.75) is 182 Å². The van der Waals surface area contributed by atoms with Crippen LogP contribution in [-0.2, 0) is 72.1 Å². The van der Waals surface area contributed by atoms with Gasteiger partial charge in [-0.1, -0.05) is 91.7 Å². The summed E-state index contributed by atoms with van der Waals surface area (Å²) in [6, 6.07) is 13.8. The molecule has 5 heterocycles. The van der Waals surface area contributed by atoms with Crippen LogP contribution in [0.15, 0.2) is 105 Å². The van der Waals surface area contributed by atoms with Crippen molar-refractivity contribution >= 4 is 94.4 Å². The Labute approximate surface area is 634 Å². The third-order valence-electron chi connectivity index (χ3n) is 21.0. The lowest BCUT2D eigenvalue weighted by Crippen LogP contribution is -2.63. The Morgan fingerprint density at radius 3 is 1.80 bits per heavy atom. The minimum Gasteiger partial charge on any atom is -0.480 e. The van der Waals surface area contributed by atoms with Gasteiger partial charge in [0.05, 0.1) is 19.3 Å². The van der Waals surface area contributed by atoms with Gasteiger partial charge in [-0.25, -0.2) is 9.59 Å². The Balaban J connectivity index is 0.790. The molecule has 2 aliphatic carbocycles. The summed E-state index contributed by atoms with van der Waals surface area (Å²) in [5, 5.41) is 49.9. The number of fused-ring (bicyclic) bond motifs is 5. The summed E-state index contributed by atoms with van der Waals surface area (Å²) in [4.78, 5) is 176. The second-order valence-electron chi connectivity index (χ2n) is 28.3. The molecular weight excluding hydrogens is 1430 g/mol. The maximum atomic E-state index is 15.4. The summed E-state index contributed by atoms with van der Waals surface area (Å²) in [6.07, 6.45) is 1.64. The van der Waals surface area contributed by atoms with Crippen molar-refractivity contribution in [2.24, 2.45) is 55.3 Å². The number of aliphatic hydroxyl groups is 2. The van der Waals surface area contributed by atoms with Crippen molar-refractivity contribution in [3.05, 3.63) is 117 Å². The van der Waals surface area contributed by atoms with E-state index in [-0.39, 0.29) is 146 Å². The molecule has 3 saturated heterocycles. The second kappa shape index (κ2) is 37.7. The molecule has 109 heavy (non-hydrogen) atoms. The van der Waals surface area contributed by atoms with Crippen LogP contribution < -0.4 is 66.3 Å². The molecule has 34 nitrogen and oxygen atoms in total. The number of carboxylic acid groups (broad SMARTS) is 1. The van der Waals surface area contributed by atoms with Crippen molar-refractivity contribution in [1.29, 1.82) is 0 Å². The number of thiophene rings is 1. The zero-order valence-electron chi connectivity index (χ0n) is 60.6. The van der Waals surface area contributed by atoms with Gasteiger partial charge in [0, 0.05) is 75.4 Å². The fourth-order valence-electron chi connectivity index (χ4n) is 15.8. The Morgan fingerprint density at radius 1 is 0.569 bits per heavy atom. The van der Waals surface area contributed by atoms with E-state index in [4.69, 9.17) is 39.1 Å². The van der Waals surface area contributed by atoms with Gasteiger partial charge in [0.15, 0.2) is 17.9 Å². The van der Waals surface area contributed by atoms with Crippen molar-refractivity contribution in [1.82, 2.24) is 51.5 Å². The predicted molar refractivity (Wildman–Crippen MR) is 402 cm³/mol. The number of carboxylic acids is 1. The first-order valence-electron chi connectivity index (χ1n) is 37.0. The molecule has 35 heteroatoms. The molecule has 0 radical (unpaired) electrons. The number of β-amino-alcohol motifs (C(OH)–C–C–N with tert-alkyl or cyclic N) is 1. The van der Waals surface area contributed by atoms with Crippen LogP contribution in [0.3, 0.4) is 0 Å². The number of aliphatic imine (C=N–C) groups is 3. The van der Waals surface area contributed by atoms with E-state index in [9.17, 15) is 58.5 Å². The number of alkyl carbamates (subject to hydrolysis) is 1. The molecule has 3 aromatic carbocycles. The number of likely N-dealkylation sites (tertiary alicyclic amines) is 3. The van der Waals surface area contributed by atoms with Gasteiger partial charge in [0.1, 0.15) is 61.0 Å². The van der Waals surface area contributed by atoms with Gasteiger partial charge < -0.3 is 106 Å². The highest BCUT2D eigenvalue weighted by Gasteiger charge is 2.52. The lowest BCUT2D eigenvalue weighted by molar-refractivity contribution is -0.153. The average molecular weight is 1530 g/mol. The highest BCUT2D eigenvalue weighted by atomic mass is 32.1. The molecule has 12 atom stereocenters. The SMILES string of the molecule is NC(N)=NCCC[C@H](NC(=O)[C@@H]1C[C@@H]2CCCC[C@@H]2N1C(=O)[C@H]1Cc2ccccc2CN1C(=O)[C@H](CO)NC(=O)[C@H](Cc1cccs1)NC(=O)CNC(=O)[C@@H]1C[C@@H](O)CN1C(=O)[C@@H]1CCCN1C(=O)[C@H](CCCN=C(N)N)NC(=O)[C@@H](CCCN=C(N)N)NC(=O)OCC1c2ccccc2-c2ccccc21)C(=O)O. The van der Waals surface area contributed by atoms with Crippen LogP contribution in [0.5, 0.6) is 0 Å². The van der Waals surface area contributed by atoms with Crippen LogP contribution in [0.4, 0.5) is 4.79 Å². The van der Waals surface area contributed by atoms with Crippen LogP contribution in [0.25, 0.3) is 11.1 Å². The van der Waals surface area contributed by atoms with Crippen LogP contribution in [0, 0.1) is 5.92 Å². The van der Waals surface area contributed by atoms with Crippen LogP contribution in [-0.4, -0.2) is 237 Å². The number of aliphatic carboxylic acids is 1. The van der Waals surface area contributed by atoms with E-state index in [0.717, 1.165) is 45.6 Å². The molecule has 4 fully saturated rings. The first kappa shape index (κ1) is 80.6. The van der Waals surface area contributed by atoms with E-state index < -0.39 is 145 Å². The number of nitrogens with one attached hydrogen (secondary N) is 6. The summed E-state index contributed by atoms with van der Waals surface area (Å²) < 4.78 is 5.81. The quantitative estimate of drug-likeness (QED) is 0.0147. The number of guanidine groups is 3. The Hall–Kier alpha value is -10.9. The van der Waals surface area contributed by atoms with Gasteiger partial charge >= 0.3 is 12.1 Å². The third kappa shape index (κ3) is 20.5. The average Bonchev–Trinajstić information content (AvgIpc) is 1.66. The number of aliphatic hydroxyl groups excluding tert-OH is 2. The largest absolute Gasteiger partial charge is 0.480 e. The summed E-state index contributed by atoms with van der Waals surface area (Å²) in [6.45, 7) is -1.92. The van der Waals surface area contributed by atoms with Crippen LogP contribution in [0.1, 0.15) is 123 Å². The van der Waals surface area contributed by atoms with E-state index >= 15 is 9.59 Å². The van der Waals surface area contributed by atoms with E-state index in [1.807, 2.05) is 54.6 Å². The maximum Gasteiger partial charge on any atom is 0.407 e. The Bertz CT molecular complexity index is 4010. The van der Waals surface area contributed by atoms with Crippen molar-refractivity contribution in [2.75, 3.05) is 52.5 Å². The zero-order valence-corrected chi connectivity index (χ0v) is 61.4. The number of rotatable bonds is 33. The molecule has 10 amide bonds.